The summed E-state index contributed by atoms with van der Waals surface area (Å²) in [5.74, 6) is 0. The monoisotopic (exact) mass is 329 g/mol. The molecule has 1 aromatic carbocycles. The Kier molecular flexibility index (Phi) is 5.77. The molecule has 0 aliphatic carbocycles. The number of benzene rings is 1. The molecule has 2 aliphatic rings. The second kappa shape index (κ2) is 8.02. The molecule has 3 rings (SSSR count). The van der Waals surface area contributed by atoms with Crippen LogP contribution in [0.3, 0.4) is 0 Å². The van der Waals surface area contributed by atoms with Gasteiger partial charge in [-0.15, -0.1) is 0 Å². The summed E-state index contributed by atoms with van der Waals surface area (Å²) in [6.45, 7) is 4.23. The molecule has 0 aromatic heterocycles. The van der Waals surface area contributed by atoms with Crippen molar-refractivity contribution in [3.63, 3.8) is 0 Å². The molecular formula is C20H31N3O. The smallest absolute Gasteiger partial charge is 0.317 e. The predicted octanol–water partition coefficient (Wildman–Crippen LogP) is 3.28. The minimum atomic E-state index is 0.139. The van der Waals surface area contributed by atoms with Gasteiger partial charge in [0.05, 0.1) is 0 Å². The van der Waals surface area contributed by atoms with Crippen LogP contribution >= 0.6 is 0 Å². The van der Waals surface area contributed by atoms with Crippen LogP contribution in [0.1, 0.15) is 44.6 Å². The molecule has 4 heteroatoms. The molecule has 0 spiro atoms. The Hall–Kier alpha value is -1.55. The first kappa shape index (κ1) is 17.3. The number of hydrogen-bond donors (Lipinski definition) is 1. The fourth-order valence-corrected chi connectivity index (χ4v) is 4.32. The van der Waals surface area contributed by atoms with Gasteiger partial charge >= 0.3 is 6.03 Å². The van der Waals surface area contributed by atoms with E-state index in [-0.39, 0.29) is 12.1 Å². The fourth-order valence-electron chi connectivity index (χ4n) is 4.32. The molecule has 3 unspecified atom stereocenters. The average molecular weight is 329 g/mol. The molecule has 24 heavy (non-hydrogen) atoms. The molecular weight excluding hydrogens is 298 g/mol. The Bertz CT molecular complexity index is 533. The number of nitrogens with one attached hydrogen (secondary N) is 1. The normalized spacial score (nSPS) is 25.8. The summed E-state index contributed by atoms with van der Waals surface area (Å²) in [6, 6.07) is 11.7. The average Bonchev–Trinajstić information content (AvgIpc) is 3.23. The van der Waals surface area contributed by atoms with E-state index in [1.165, 1.54) is 24.9 Å². The van der Waals surface area contributed by atoms with Crippen LogP contribution in [0.15, 0.2) is 30.3 Å². The quantitative estimate of drug-likeness (QED) is 0.900. The number of amides is 2. The maximum Gasteiger partial charge on any atom is 0.317 e. The summed E-state index contributed by atoms with van der Waals surface area (Å²) >= 11 is 0. The largest absolute Gasteiger partial charge is 0.335 e. The zero-order chi connectivity index (χ0) is 16.9. The van der Waals surface area contributed by atoms with Crippen LogP contribution < -0.4 is 5.32 Å². The van der Waals surface area contributed by atoms with Crippen LogP contribution in [0.4, 0.5) is 4.79 Å². The summed E-state index contributed by atoms with van der Waals surface area (Å²) in [4.78, 5) is 17.4. The number of nitrogens with zero attached hydrogens (tertiary/aromatic N) is 2. The Morgan fingerprint density at radius 2 is 1.88 bits per heavy atom. The van der Waals surface area contributed by atoms with E-state index in [1.807, 2.05) is 6.07 Å². The zero-order valence-corrected chi connectivity index (χ0v) is 15.1. The standard InChI is InChI=1S/C20H31N3O/c1-3-17(15-16-9-5-4-6-10-16)21-20(24)23-14-8-12-19(23)18-11-7-13-22(18)2/h4-6,9-10,17-19H,3,7-8,11-15H2,1-2H3,(H,21,24). The third-order valence-corrected chi connectivity index (χ3v) is 5.73. The number of hydrogen-bond acceptors (Lipinski definition) is 2. The maximum atomic E-state index is 12.9. The van der Waals surface area contributed by atoms with E-state index in [4.69, 9.17) is 0 Å². The van der Waals surface area contributed by atoms with E-state index in [1.54, 1.807) is 0 Å². The molecule has 1 aromatic rings. The van der Waals surface area contributed by atoms with Crippen LogP contribution in [0.2, 0.25) is 0 Å². The van der Waals surface area contributed by atoms with Crippen molar-refractivity contribution in [1.82, 2.24) is 15.1 Å². The van der Waals surface area contributed by atoms with Gasteiger partial charge in [-0.25, -0.2) is 4.79 Å². The van der Waals surface area contributed by atoms with Gasteiger partial charge in [0.1, 0.15) is 0 Å². The highest BCUT2D eigenvalue weighted by Crippen LogP contribution is 2.29. The van der Waals surface area contributed by atoms with Crippen molar-refractivity contribution in [3.8, 4) is 0 Å². The second-order valence-electron chi connectivity index (χ2n) is 7.34. The van der Waals surface area contributed by atoms with Gasteiger partial charge in [0.15, 0.2) is 0 Å². The van der Waals surface area contributed by atoms with E-state index in [2.05, 4.69) is 53.4 Å². The molecule has 2 heterocycles. The van der Waals surface area contributed by atoms with Crippen molar-refractivity contribution in [2.45, 2.75) is 63.6 Å². The molecule has 0 saturated carbocycles. The van der Waals surface area contributed by atoms with E-state index in [9.17, 15) is 4.79 Å². The van der Waals surface area contributed by atoms with Gasteiger partial charge in [-0.2, -0.15) is 0 Å². The lowest BCUT2D eigenvalue weighted by Gasteiger charge is -2.34. The molecule has 132 valence electrons. The molecule has 2 saturated heterocycles. The lowest BCUT2D eigenvalue weighted by Crippen LogP contribution is -2.52. The second-order valence-corrected chi connectivity index (χ2v) is 7.34. The Labute approximate surface area is 146 Å². The first-order chi connectivity index (χ1) is 11.7. The van der Waals surface area contributed by atoms with Crippen molar-refractivity contribution < 1.29 is 4.79 Å². The molecule has 2 amide bonds. The van der Waals surface area contributed by atoms with E-state index < -0.39 is 0 Å². The Morgan fingerprint density at radius 1 is 1.17 bits per heavy atom. The van der Waals surface area contributed by atoms with Gasteiger partial charge in [0, 0.05) is 24.7 Å². The van der Waals surface area contributed by atoms with E-state index in [0.29, 0.717) is 12.1 Å². The SMILES string of the molecule is CCC(Cc1ccccc1)NC(=O)N1CCCC1C1CCCN1C. The highest BCUT2D eigenvalue weighted by molar-refractivity contribution is 5.75. The summed E-state index contributed by atoms with van der Waals surface area (Å²) < 4.78 is 0. The van der Waals surface area contributed by atoms with Gasteiger partial charge in [-0.3, -0.25) is 0 Å². The molecule has 1 N–H and O–H groups in total. The van der Waals surface area contributed by atoms with Crippen molar-refractivity contribution in [2.24, 2.45) is 0 Å². The lowest BCUT2D eigenvalue weighted by molar-refractivity contribution is 0.150. The van der Waals surface area contributed by atoms with Crippen LogP contribution in [0.25, 0.3) is 0 Å². The summed E-state index contributed by atoms with van der Waals surface area (Å²) in [7, 11) is 2.20. The van der Waals surface area contributed by atoms with Crippen molar-refractivity contribution in [3.05, 3.63) is 35.9 Å². The highest BCUT2D eigenvalue weighted by Gasteiger charge is 2.38. The third-order valence-electron chi connectivity index (χ3n) is 5.73. The number of likely N-dealkylation sites (N-methyl/N-ethyl adjacent to an activating group) is 1. The van der Waals surface area contributed by atoms with Crippen LogP contribution in [0.5, 0.6) is 0 Å². The molecule has 0 radical (unpaired) electrons. The van der Waals surface area contributed by atoms with Crippen LogP contribution in [-0.2, 0) is 6.42 Å². The molecule has 4 nitrogen and oxygen atoms in total. The first-order valence-corrected chi connectivity index (χ1v) is 9.50. The Morgan fingerprint density at radius 3 is 2.54 bits per heavy atom. The predicted molar refractivity (Wildman–Crippen MR) is 98.1 cm³/mol. The number of urea groups is 1. The highest BCUT2D eigenvalue weighted by atomic mass is 16.2. The minimum Gasteiger partial charge on any atom is -0.335 e. The number of rotatable bonds is 5. The fraction of sp³-hybridized carbons (Fsp3) is 0.650. The molecule has 2 aliphatic heterocycles. The van der Waals surface area contributed by atoms with Gasteiger partial charge in [0.25, 0.3) is 0 Å². The van der Waals surface area contributed by atoms with Gasteiger partial charge in [-0.05, 0) is 57.7 Å². The molecule has 0 bridgehead atoms. The number of carbonyl (C=O) groups is 1. The summed E-state index contributed by atoms with van der Waals surface area (Å²) in [5.41, 5.74) is 1.29. The number of likely N-dealkylation sites (tertiary alicyclic amines) is 2. The summed E-state index contributed by atoms with van der Waals surface area (Å²) in [6.07, 6.45) is 6.65. The van der Waals surface area contributed by atoms with Gasteiger partial charge in [0.2, 0.25) is 0 Å². The minimum absolute atomic E-state index is 0.139. The van der Waals surface area contributed by atoms with Crippen LogP contribution in [-0.4, -0.2) is 54.1 Å². The van der Waals surface area contributed by atoms with Crippen molar-refractivity contribution >= 4 is 6.03 Å². The van der Waals surface area contributed by atoms with E-state index >= 15 is 0 Å². The Balaban J connectivity index is 1.60. The van der Waals surface area contributed by atoms with Crippen LogP contribution in [0, 0.1) is 0 Å². The first-order valence-electron chi connectivity index (χ1n) is 9.50. The topological polar surface area (TPSA) is 35.6 Å². The van der Waals surface area contributed by atoms with Crippen molar-refractivity contribution in [2.75, 3.05) is 20.1 Å². The summed E-state index contributed by atoms with van der Waals surface area (Å²) in [5, 5.41) is 3.29. The maximum absolute atomic E-state index is 12.9. The van der Waals surface area contributed by atoms with Crippen molar-refractivity contribution in [1.29, 1.82) is 0 Å². The van der Waals surface area contributed by atoms with E-state index in [0.717, 1.165) is 32.2 Å². The van der Waals surface area contributed by atoms with Gasteiger partial charge < -0.3 is 15.1 Å². The van der Waals surface area contributed by atoms with Gasteiger partial charge in [-0.1, -0.05) is 37.3 Å². The lowest BCUT2D eigenvalue weighted by atomic mass is 10.0. The number of carbonyl (C=O) groups excluding carboxylic acids is 1. The third kappa shape index (κ3) is 3.92. The molecule has 2 fully saturated rings. The molecule has 3 atom stereocenters. The zero-order valence-electron chi connectivity index (χ0n) is 15.1.